The standard InChI is InChI=1S/C18H23N3O2/c1-19-11-12-23-17(13-19)14-20(2)18(22)15-5-7-16(8-6-15)21-9-3-4-10-21/h3-10,17H,11-14H2,1-2H3. The molecule has 0 spiro atoms. The van der Waals surface area contributed by atoms with Gasteiger partial charge in [-0.15, -0.1) is 0 Å². The zero-order valence-corrected chi connectivity index (χ0v) is 13.7. The predicted octanol–water partition coefficient (Wildman–Crippen LogP) is 1.88. The van der Waals surface area contributed by atoms with E-state index in [1.54, 1.807) is 4.90 Å². The van der Waals surface area contributed by atoms with Gasteiger partial charge in [-0.2, -0.15) is 0 Å². The fourth-order valence-corrected chi connectivity index (χ4v) is 2.87. The minimum atomic E-state index is 0.0286. The second-order valence-corrected chi connectivity index (χ2v) is 6.08. The van der Waals surface area contributed by atoms with Gasteiger partial charge in [-0.05, 0) is 43.4 Å². The van der Waals surface area contributed by atoms with Gasteiger partial charge >= 0.3 is 0 Å². The van der Waals surface area contributed by atoms with Crippen LogP contribution in [0.2, 0.25) is 0 Å². The smallest absolute Gasteiger partial charge is 0.253 e. The highest BCUT2D eigenvalue weighted by molar-refractivity contribution is 5.94. The molecule has 1 fully saturated rings. The van der Waals surface area contributed by atoms with E-state index in [9.17, 15) is 4.79 Å². The summed E-state index contributed by atoms with van der Waals surface area (Å²) in [5.41, 5.74) is 1.75. The molecule has 0 aliphatic carbocycles. The van der Waals surface area contributed by atoms with Crippen molar-refractivity contribution in [3.63, 3.8) is 0 Å². The summed E-state index contributed by atoms with van der Waals surface area (Å²) in [6, 6.07) is 11.6. The number of rotatable bonds is 4. The maximum absolute atomic E-state index is 12.5. The number of carbonyl (C=O) groups is 1. The van der Waals surface area contributed by atoms with Crippen LogP contribution in [0.5, 0.6) is 0 Å². The van der Waals surface area contributed by atoms with Crippen molar-refractivity contribution in [1.29, 1.82) is 0 Å². The third kappa shape index (κ3) is 3.81. The van der Waals surface area contributed by atoms with E-state index in [1.165, 1.54) is 0 Å². The molecule has 1 atom stereocenters. The summed E-state index contributed by atoms with van der Waals surface area (Å²) in [5.74, 6) is 0.0286. The summed E-state index contributed by atoms with van der Waals surface area (Å²) >= 11 is 0. The zero-order valence-electron chi connectivity index (χ0n) is 13.7. The van der Waals surface area contributed by atoms with Crippen LogP contribution in [0.15, 0.2) is 48.8 Å². The molecule has 5 heteroatoms. The number of hydrogen-bond acceptors (Lipinski definition) is 3. The fraction of sp³-hybridized carbons (Fsp3) is 0.389. The Balaban J connectivity index is 1.62. The lowest BCUT2D eigenvalue weighted by molar-refractivity contribution is -0.0301. The number of likely N-dealkylation sites (N-methyl/N-ethyl adjacent to an activating group) is 2. The quantitative estimate of drug-likeness (QED) is 0.865. The van der Waals surface area contributed by atoms with Crippen LogP contribution in [0.4, 0.5) is 0 Å². The van der Waals surface area contributed by atoms with E-state index in [0.29, 0.717) is 12.1 Å². The highest BCUT2D eigenvalue weighted by Crippen LogP contribution is 2.12. The average molecular weight is 313 g/mol. The molecule has 1 amide bonds. The largest absolute Gasteiger partial charge is 0.374 e. The summed E-state index contributed by atoms with van der Waals surface area (Å²) in [5, 5.41) is 0. The van der Waals surface area contributed by atoms with Crippen LogP contribution in [0.25, 0.3) is 5.69 Å². The molecule has 1 aliphatic rings. The highest BCUT2D eigenvalue weighted by atomic mass is 16.5. The van der Waals surface area contributed by atoms with Gasteiger partial charge in [0.1, 0.15) is 0 Å². The molecule has 1 saturated heterocycles. The Hall–Kier alpha value is -2.11. The molecule has 1 unspecified atom stereocenters. The number of carbonyl (C=O) groups excluding carboxylic acids is 1. The lowest BCUT2D eigenvalue weighted by Crippen LogP contribution is -2.46. The van der Waals surface area contributed by atoms with Gasteiger partial charge in [-0.3, -0.25) is 4.79 Å². The maximum Gasteiger partial charge on any atom is 0.253 e. The number of morpholine rings is 1. The Morgan fingerprint density at radius 1 is 1.26 bits per heavy atom. The van der Waals surface area contributed by atoms with E-state index in [4.69, 9.17) is 4.74 Å². The lowest BCUT2D eigenvalue weighted by atomic mass is 10.1. The molecule has 5 nitrogen and oxygen atoms in total. The SMILES string of the molecule is CN1CCOC(CN(C)C(=O)c2ccc(-n3cccc3)cc2)C1. The summed E-state index contributed by atoms with van der Waals surface area (Å²) < 4.78 is 7.75. The number of aromatic nitrogens is 1. The Labute approximate surface area is 137 Å². The summed E-state index contributed by atoms with van der Waals surface area (Å²) in [4.78, 5) is 16.5. The molecule has 0 radical (unpaired) electrons. The van der Waals surface area contributed by atoms with Crippen LogP contribution in [-0.2, 0) is 4.74 Å². The molecule has 122 valence electrons. The van der Waals surface area contributed by atoms with E-state index in [0.717, 1.165) is 25.4 Å². The van der Waals surface area contributed by atoms with Gasteiger partial charge in [0.15, 0.2) is 0 Å². The number of amides is 1. The highest BCUT2D eigenvalue weighted by Gasteiger charge is 2.22. The van der Waals surface area contributed by atoms with E-state index in [-0.39, 0.29) is 12.0 Å². The van der Waals surface area contributed by atoms with Gasteiger partial charge in [0.05, 0.1) is 12.7 Å². The van der Waals surface area contributed by atoms with Crippen LogP contribution in [-0.4, -0.2) is 66.7 Å². The first kappa shape index (κ1) is 15.8. The zero-order chi connectivity index (χ0) is 16.2. The monoisotopic (exact) mass is 313 g/mol. The first-order valence-corrected chi connectivity index (χ1v) is 7.92. The number of nitrogens with zero attached hydrogens (tertiary/aromatic N) is 3. The van der Waals surface area contributed by atoms with Gasteiger partial charge < -0.3 is 19.1 Å². The van der Waals surface area contributed by atoms with E-state index < -0.39 is 0 Å². The van der Waals surface area contributed by atoms with Crippen molar-refractivity contribution in [2.45, 2.75) is 6.10 Å². The normalized spacial score (nSPS) is 18.8. The Kier molecular flexibility index (Phi) is 4.79. The Morgan fingerprint density at radius 2 is 1.96 bits per heavy atom. The van der Waals surface area contributed by atoms with Gasteiger partial charge in [0, 0.05) is 50.3 Å². The molecular formula is C18H23N3O2. The van der Waals surface area contributed by atoms with Gasteiger partial charge in [0.2, 0.25) is 0 Å². The van der Waals surface area contributed by atoms with Gasteiger partial charge in [0.25, 0.3) is 5.91 Å². The van der Waals surface area contributed by atoms with Crippen LogP contribution in [0.3, 0.4) is 0 Å². The van der Waals surface area contributed by atoms with Crippen molar-refractivity contribution in [2.75, 3.05) is 40.3 Å². The minimum Gasteiger partial charge on any atom is -0.374 e. The topological polar surface area (TPSA) is 37.7 Å². The molecule has 0 bridgehead atoms. The van der Waals surface area contributed by atoms with Crippen LogP contribution < -0.4 is 0 Å². The molecule has 1 aromatic heterocycles. The third-order valence-electron chi connectivity index (χ3n) is 4.18. The molecule has 1 aromatic carbocycles. The molecule has 23 heavy (non-hydrogen) atoms. The van der Waals surface area contributed by atoms with E-state index in [2.05, 4.69) is 11.9 Å². The van der Waals surface area contributed by atoms with Crippen molar-refractivity contribution >= 4 is 5.91 Å². The summed E-state index contributed by atoms with van der Waals surface area (Å²) in [6.07, 6.45) is 4.06. The first-order valence-electron chi connectivity index (χ1n) is 7.92. The molecule has 2 heterocycles. The van der Waals surface area contributed by atoms with Gasteiger partial charge in [-0.1, -0.05) is 0 Å². The van der Waals surface area contributed by atoms with E-state index in [1.807, 2.05) is 60.4 Å². The van der Waals surface area contributed by atoms with Crippen LogP contribution in [0.1, 0.15) is 10.4 Å². The molecule has 2 aromatic rings. The van der Waals surface area contributed by atoms with Gasteiger partial charge in [-0.25, -0.2) is 0 Å². The molecular weight excluding hydrogens is 290 g/mol. The van der Waals surface area contributed by atoms with Crippen molar-refractivity contribution in [3.8, 4) is 5.69 Å². The number of benzene rings is 1. The minimum absolute atomic E-state index is 0.0286. The second-order valence-electron chi connectivity index (χ2n) is 6.08. The van der Waals surface area contributed by atoms with Crippen LogP contribution in [0, 0.1) is 0 Å². The molecule has 1 aliphatic heterocycles. The number of ether oxygens (including phenoxy) is 1. The summed E-state index contributed by atoms with van der Waals surface area (Å²) in [7, 11) is 3.91. The van der Waals surface area contributed by atoms with Crippen molar-refractivity contribution in [2.24, 2.45) is 0 Å². The Bertz CT molecular complexity index is 637. The molecule has 0 N–H and O–H groups in total. The van der Waals surface area contributed by atoms with Crippen LogP contribution >= 0.6 is 0 Å². The van der Waals surface area contributed by atoms with Crippen molar-refractivity contribution in [3.05, 3.63) is 54.4 Å². The molecule has 3 rings (SSSR count). The van der Waals surface area contributed by atoms with Crippen molar-refractivity contribution < 1.29 is 9.53 Å². The predicted molar refractivity (Wildman–Crippen MR) is 90.0 cm³/mol. The third-order valence-corrected chi connectivity index (χ3v) is 4.18. The van der Waals surface area contributed by atoms with Crippen molar-refractivity contribution in [1.82, 2.24) is 14.4 Å². The Morgan fingerprint density at radius 3 is 2.61 bits per heavy atom. The summed E-state index contributed by atoms with van der Waals surface area (Å²) in [6.45, 7) is 3.16. The number of hydrogen-bond donors (Lipinski definition) is 0. The average Bonchev–Trinajstić information content (AvgIpc) is 3.09. The molecule has 0 saturated carbocycles. The fourth-order valence-electron chi connectivity index (χ4n) is 2.87. The maximum atomic E-state index is 12.5. The van der Waals surface area contributed by atoms with E-state index >= 15 is 0 Å². The first-order chi connectivity index (χ1) is 11.1. The lowest BCUT2D eigenvalue weighted by Gasteiger charge is -2.32. The second kappa shape index (κ2) is 6.98.